The maximum absolute atomic E-state index is 13.3. The molecule has 31 heavy (non-hydrogen) atoms. The zero-order valence-corrected chi connectivity index (χ0v) is 17.4. The average molecular weight is 425 g/mol. The van der Waals surface area contributed by atoms with Gasteiger partial charge in [-0.05, 0) is 60.7 Å². The van der Waals surface area contributed by atoms with E-state index in [2.05, 4.69) is 17.3 Å². The van der Waals surface area contributed by atoms with Crippen molar-refractivity contribution in [1.29, 1.82) is 0 Å². The Labute approximate surface area is 180 Å². The number of amides is 1. The van der Waals surface area contributed by atoms with E-state index in [1.54, 1.807) is 30.5 Å². The fourth-order valence-electron chi connectivity index (χ4n) is 3.86. The topological polar surface area (TPSA) is 56.2 Å². The van der Waals surface area contributed by atoms with Gasteiger partial charge in [0.25, 0.3) is 5.91 Å². The first-order valence-corrected chi connectivity index (χ1v) is 10.5. The SMILES string of the molecule is CC1CCCCC1NC(=O)c1nn(-c2ccc(F)cc2)cc1OCc1ccc(F)cc1. The molecule has 0 saturated heterocycles. The number of nitrogens with zero attached hydrogens (tertiary/aromatic N) is 2. The number of hydrogen-bond donors (Lipinski definition) is 1. The van der Waals surface area contributed by atoms with Crippen LogP contribution in [0.25, 0.3) is 5.69 Å². The Morgan fingerprint density at radius 2 is 1.71 bits per heavy atom. The summed E-state index contributed by atoms with van der Waals surface area (Å²) < 4.78 is 33.8. The van der Waals surface area contributed by atoms with Crippen LogP contribution >= 0.6 is 0 Å². The van der Waals surface area contributed by atoms with E-state index in [0.717, 1.165) is 24.8 Å². The molecule has 1 heterocycles. The van der Waals surface area contributed by atoms with Crippen LogP contribution in [0.15, 0.2) is 54.7 Å². The number of aromatic nitrogens is 2. The largest absolute Gasteiger partial charge is 0.485 e. The first-order valence-electron chi connectivity index (χ1n) is 10.5. The van der Waals surface area contributed by atoms with Gasteiger partial charge < -0.3 is 10.1 Å². The summed E-state index contributed by atoms with van der Waals surface area (Å²) in [5.74, 6) is -0.258. The minimum Gasteiger partial charge on any atom is -0.485 e. The highest BCUT2D eigenvalue weighted by Gasteiger charge is 2.26. The fraction of sp³-hybridized carbons (Fsp3) is 0.333. The summed E-state index contributed by atoms with van der Waals surface area (Å²) in [5, 5.41) is 7.52. The van der Waals surface area contributed by atoms with Crippen LogP contribution in [0.3, 0.4) is 0 Å². The molecule has 1 saturated carbocycles. The van der Waals surface area contributed by atoms with Crippen LogP contribution in [-0.2, 0) is 6.61 Å². The number of hydrogen-bond acceptors (Lipinski definition) is 3. The highest BCUT2D eigenvalue weighted by molar-refractivity contribution is 5.95. The predicted octanol–water partition coefficient (Wildman–Crippen LogP) is 5.04. The van der Waals surface area contributed by atoms with Gasteiger partial charge in [0.2, 0.25) is 0 Å². The summed E-state index contributed by atoms with van der Waals surface area (Å²) in [6, 6.07) is 11.9. The second kappa shape index (κ2) is 9.29. The molecule has 162 valence electrons. The van der Waals surface area contributed by atoms with Crippen molar-refractivity contribution in [2.75, 3.05) is 0 Å². The second-order valence-corrected chi connectivity index (χ2v) is 8.02. The zero-order chi connectivity index (χ0) is 21.8. The molecule has 2 aromatic carbocycles. The molecule has 3 aromatic rings. The van der Waals surface area contributed by atoms with E-state index in [9.17, 15) is 13.6 Å². The number of carbonyl (C=O) groups excluding carboxylic acids is 1. The lowest BCUT2D eigenvalue weighted by molar-refractivity contribution is 0.0900. The van der Waals surface area contributed by atoms with E-state index in [1.807, 2.05) is 0 Å². The van der Waals surface area contributed by atoms with Crippen LogP contribution in [-0.4, -0.2) is 21.7 Å². The van der Waals surface area contributed by atoms with Crippen LogP contribution < -0.4 is 10.1 Å². The number of benzene rings is 2. The van der Waals surface area contributed by atoms with Crippen molar-refractivity contribution in [1.82, 2.24) is 15.1 Å². The molecule has 1 fully saturated rings. The van der Waals surface area contributed by atoms with Gasteiger partial charge in [-0.25, -0.2) is 13.5 Å². The predicted molar refractivity (Wildman–Crippen MR) is 113 cm³/mol. The van der Waals surface area contributed by atoms with Gasteiger partial charge in [0.1, 0.15) is 18.2 Å². The Hall–Kier alpha value is -3.22. The minimum absolute atomic E-state index is 0.0992. The van der Waals surface area contributed by atoms with Crippen molar-refractivity contribution < 1.29 is 18.3 Å². The lowest BCUT2D eigenvalue weighted by Gasteiger charge is -2.29. The van der Waals surface area contributed by atoms with E-state index in [4.69, 9.17) is 4.74 Å². The molecule has 0 spiro atoms. The molecule has 1 aromatic heterocycles. The molecule has 0 radical (unpaired) electrons. The van der Waals surface area contributed by atoms with Crippen LogP contribution in [0.1, 0.15) is 48.7 Å². The van der Waals surface area contributed by atoms with Crippen molar-refractivity contribution in [3.63, 3.8) is 0 Å². The van der Waals surface area contributed by atoms with Gasteiger partial charge in [0.15, 0.2) is 11.4 Å². The number of nitrogens with one attached hydrogen (secondary N) is 1. The summed E-state index contributed by atoms with van der Waals surface area (Å²) >= 11 is 0. The third-order valence-corrected chi connectivity index (χ3v) is 5.72. The highest BCUT2D eigenvalue weighted by atomic mass is 19.1. The number of carbonyl (C=O) groups is 1. The smallest absolute Gasteiger partial charge is 0.275 e. The summed E-state index contributed by atoms with van der Waals surface area (Å²) in [6.45, 7) is 2.31. The van der Waals surface area contributed by atoms with E-state index in [-0.39, 0.29) is 35.9 Å². The minimum atomic E-state index is -0.354. The maximum Gasteiger partial charge on any atom is 0.275 e. The average Bonchev–Trinajstić information content (AvgIpc) is 3.20. The molecule has 4 rings (SSSR count). The monoisotopic (exact) mass is 425 g/mol. The lowest BCUT2D eigenvalue weighted by atomic mass is 9.86. The molecule has 1 aliphatic rings. The first-order chi connectivity index (χ1) is 15.0. The summed E-state index contributed by atoms with van der Waals surface area (Å²) in [7, 11) is 0. The molecular weight excluding hydrogens is 400 g/mol. The van der Waals surface area contributed by atoms with Gasteiger partial charge in [-0.15, -0.1) is 0 Å². The standard InChI is InChI=1S/C24H25F2N3O2/c1-16-4-2-3-5-21(16)27-24(30)23-22(31-15-17-6-8-18(25)9-7-17)14-29(28-23)20-12-10-19(26)11-13-20/h6-14,16,21H,2-5,15H2,1H3,(H,27,30). The fourth-order valence-corrected chi connectivity index (χ4v) is 3.86. The number of rotatable bonds is 6. The summed E-state index contributed by atoms with van der Waals surface area (Å²) in [6.07, 6.45) is 5.90. The Balaban J connectivity index is 1.58. The van der Waals surface area contributed by atoms with Gasteiger partial charge in [-0.2, -0.15) is 5.10 Å². The molecular formula is C24H25F2N3O2. The van der Waals surface area contributed by atoms with Crippen LogP contribution in [0, 0.1) is 17.6 Å². The molecule has 2 atom stereocenters. The first kappa shape index (κ1) is 21.0. The lowest BCUT2D eigenvalue weighted by Crippen LogP contribution is -2.41. The van der Waals surface area contributed by atoms with Crippen molar-refractivity contribution in [3.8, 4) is 11.4 Å². The van der Waals surface area contributed by atoms with Crippen LogP contribution in [0.4, 0.5) is 8.78 Å². The molecule has 1 amide bonds. The molecule has 0 bridgehead atoms. The van der Waals surface area contributed by atoms with Crippen molar-refractivity contribution in [2.45, 2.75) is 45.3 Å². The molecule has 5 nitrogen and oxygen atoms in total. The molecule has 2 unspecified atom stereocenters. The van der Waals surface area contributed by atoms with E-state index >= 15 is 0 Å². The van der Waals surface area contributed by atoms with Gasteiger partial charge in [-0.1, -0.05) is 31.9 Å². The molecule has 7 heteroatoms. The third-order valence-electron chi connectivity index (χ3n) is 5.72. The Kier molecular flexibility index (Phi) is 6.30. The zero-order valence-electron chi connectivity index (χ0n) is 17.4. The third kappa shape index (κ3) is 5.10. The van der Waals surface area contributed by atoms with E-state index < -0.39 is 0 Å². The summed E-state index contributed by atoms with van der Waals surface area (Å²) in [4.78, 5) is 13.1. The van der Waals surface area contributed by atoms with Gasteiger partial charge in [0, 0.05) is 6.04 Å². The maximum atomic E-state index is 13.3. The highest BCUT2D eigenvalue weighted by Crippen LogP contribution is 2.26. The van der Waals surface area contributed by atoms with Crippen molar-refractivity contribution in [3.05, 3.63) is 77.6 Å². The van der Waals surface area contributed by atoms with Crippen molar-refractivity contribution >= 4 is 5.91 Å². The normalized spacial score (nSPS) is 18.5. The van der Waals surface area contributed by atoms with Crippen LogP contribution in [0.2, 0.25) is 0 Å². The van der Waals surface area contributed by atoms with Gasteiger partial charge >= 0.3 is 0 Å². The molecule has 1 N–H and O–H groups in total. The molecule has 1 aliphatic carbocycles. The Bertz CT molecular complexity index is 1030. The quantitative estimate of drug-likeness (QED) is 0.602. The van der Waals surface area contributed by atoms with Gasteiger partial charge in [0.05, 0.1) is 11.9 Å². The Morgan fingerprint density at radius 3 is 2.39 bits per heavy atom. The number of halogens is 2. The second-order valence-electron chi connectivity index (χ2n) is 8.02. The Morgan fingerprint density at radius 1 is 1.06 bits per heavy atom. The van der Waals surface area contributed by atoms with Crippen molar-refractivity contribution in [2.24, 2.45) is 5.92 Å². The van der Waals surface area contributed by atoms with E-state index in [1.165, 1.54) is 35.4 Å². The summed E-state index contributed by atoms with van der Waals surface area (Å²) in [5.41, 5.74) is 1.55. The van der Waals surface area contributed by atoms with Gasteiger partial charge in [-0.3, -0.25) is 4.79 Å². The van der Waals surface area contributed by atoms with E-state index in [0.29, 0.717) is 17.4 Å². The molecule has 0 aliphatic heterocycles. The number of ether oxygens (including phenoxy) is 1. The van der Waals surface area contributed by atoms with Crippen LogP contribution in [0.5, 0.6) is 5.75 Å².